The van der Waals surface area contributed by atoms with Gasteiger partial charge in [-0.1, -0.05) is 91.5 Å². The number of carbonyl (C=O) groups is 1. The van der Waals surface area contributed by atoms with Gasteiger partial charge in [0.1, 0.15) is 28.4 Å². The number of allylic oxidation sites excluding steroid dienone is 2. The Morgan fingerprint density at radius 3 is 2.12 bits per heavy atom. The molecule has 5 nitrogen and oxygen atoms in total. The van der Waals surface area contributed by atoms with Crippen molar-refractivity contribution in [2.24, 2.45) is 10.8 Å². The molecule has 0 fully saturated rings. The fourth-order valence-corrected chi connectivity index (χ4v) is 6.65. The van der Waals surface area contributed by atoms with Crippen LogP contribution in [0.4, 0.5) is 0 Å². The van der Waals surface area contributed by atoms with E-state index in [2.05, 4.69) is 82.3 Å². The monoisotopic (exact) mass is 877 g/mol. The van der Waals surface area contributed by atoms with E-state index in [9.17, 15) is 9.90 Å². The van der Waals surface area contributed by atoms with Gasteiger partial charge in [0.25, 0.3) is 0 Å². The molecule has 6 heteroatoms. The number of rotatable bonds is 9. The zero-order valence-corrected chi connectivity index (χ0v) is 35.1. The maximum atomic E-state index is 12.2. The second kappa shape index (κ2) is 15.9. The Morgan fingerprint density at radius 2 is 1.48 bits per heavy atom. The molecule has 0 spiro atoms. The number of aliphatic hydroxyl groups excluding tert-OH is 1. The van der Waals surface area contributed by atoms with Crippen molar-refractivity contribution >= 4 is 38.5 Å². The van der Waals surface area contributed by atoms with E-state index in [-0.39, 0.29) is 47.9 Å². The molecule has 0 unspecified atom stereocenters. The predicted octanol–water partition coefficient (Wildman–Crippen LogP) is 13.4. The first-order chi connectivity index (χ1) is 24.1. The maximum Gasteiger partial charge on any atom is 0.164 e. The van der Waals surface area contributed by atoms with E-state index in [1.54, 1.807) is 0 Å². The van der Waals surface area contributed by atoms with Crippen LogP contribution in [-0.4, -0.2) is 15.9 Å². The van der Waals surface area contributed by atoms with E-state index in [1.807, 2.05) is 66.8 Å². The summed E-state index contributed by atoms with van der Waals surface area (Å²) in [4.78, 5) is 17.0. The topological polar surface area (TPSA) is 76.5 Å². The van der Waals surface area contributed by atoms with Crippen molar-refractivity contribution in [2.75, 3.05) is 0 Å². The standard InChI is InChI=1S/C31H26NO2.C15H28O2.Ir/c1-18-14-22-16-21(10-11-26(22)33-18)30-19(2)28-27(34-30)12-13-32-29(28)23-15-20-8-6-7-9-24(20)25(17-23)31(3,4)5;1-7-14(5,8-2)12(16)11-13(17)15(6,9-3)10-4;/h6-14,16-17H,1-5H3;11,16H,7-10H2,1-6H3;/q-1;;/b;12-11-;. The number of furan rings is 2. The van der Waals surface area contributed by atoms with Crippen molar-refractivity contribution < 1.29 is 38.8 Å². The Balaban J connectivity index is 0.000000289. The molecule has 0 saturated heterocycles. The van der Waals surface area contributed by atoms with Crippen LogP contribution in [0.15, 0.2) is 87.5 Å². The molecule has 3 aromatic carbocycles. The van der Waals surface area contributed by atoms with Gasteiger partial charge in [-0.15, -0.1) is 29.1 Å². The molecule has 0 aliphatic carbocycles. The van der Waals surface area contributed by atoms with E-state index in [0.717, 1.165) is 86.9 Å². The third-order valence-electron chi connectivity index (χ3n) is 11.2. The first-order valence-corrected chi connectivity index (χ1v) is 18.4. The summed E-state index contributed by atoms with van der Waals surface area (Å²) in [5, 5.41) is 14.6. The molecular weight excluding hydrogens is 823 g/mol. The molecule has 0 amide bonds. The van der Waals surface area contributed by atoms with Crippen LogP contribution in [-0.2, 0) is 30.3 Å². The first-order valence-electron chi connectivity index (χ1n) is 18.4. The van der Waals surface area contributed by atoms with Gasteiger partial charge in [-0.25, -0.2) is 0 Å². The second-order valence-corrected chi connectivity index (χ2v) is 15.5. The molecule has 1 radical (unpaired) electrons. The molecule has 0 aliphatic rings. The largest absolute Gasteiger partial charge is 0.512 e. The van der Waals surface area contributed by atoms with E-state index in [4.69, 9.17) is 13.8 Å². The molecule has 0 atom stereocenters. The van der Waals surface area contributed by atoms with Crippen LogP contribution in [0, 0.1) is 30.7 Å². The second-order valence-electron chi connectivity index (χ2n) is 15.5. The molecule has 0 aliphatic heterocycles. The third-order valence-corrected chi connectivity index (χ3v) is 11.2. The summed E-state index contributed by atoms with van der Waals surface area (Å²) in [6, 6.07) is 24.5. The average molecular weight is 877 g/mol. The third kappa shape index (κ3) is 7.99. The number of nitrogens with zero attached hydrogens (tertiary/aromatic N) is 1. The number of ketones is 1. The smallest absolute Gasteiger partial charge is 0.164 e. The quantitative estimate of drug-likeness (QED) is 0.0889. The van der Waals surface area contributed by atoms with Gasteiger partial charge in [0.15, 0.2) is 5.78 Å². The maximum absolute atomic E-state index is 12.2. The van der Waals surface area contributed by atoms with Gasteiger partial charge < -0.3 is 13.9 Å². The summed E-state index contributed by atoms with van der Waals surface area (Å²) in [5.74, 6) is 2.05. The van der Waals surface area contributed by atoms with Gasteiger partial charge in [-0.2, -0.15) is 0 Å². The number of pyridine rings is 1. The summed E-state index contributed by atoms with van der Waals surface area (Å²) in [5.41, 5.74) is 6.41. The van der Waals surface area contributed by atoms with Crippen LogP contribution in [0.25, 0.3) is 55.3 Å². The van der Waals surface area contributed by atoms with Crippen LogP contribution in [0.1, 0.15) is 105 Å². The molecule has 277 valence electrons. The Morgan fingerprint density at radius 1 is 0.827 bits per heavy atom. The fourth-order valence-electron chi connectivity index (χ4n) is 6.65. The van der Waals surface area contributed by atoms with Crippen molar-refractivity contribution in [1.29, 1.82) is 0 Å². The predicted molar refractivity (Wildman–Crippen MR) is 212 cm³/mol. The van der Waals surface area contributed by atoms with Gasteiger partial charge in [0.2, 0.25) is 0 Å². The van der Waals surface area contributed by atoms with Crippen molar-refractivity contribution in [3.05, 3.63) is 102 Å². The van der Waals surface area contributed by atoms with Crippen LogP contribution < -0.4 is 0 Å². The Kier molecular flexibility index (Phi) is 12.5. The van der Waals surface area contributed by atoms with Gasteiger partial charge in [0, 0.05) is 65.2 Å². The van der Waals surface area contributed by atoms with Crippen LogP contribution in [0.5, 0.6) is 0 Å². The molecule has 6 aromatic rings. The number of hydrogen-bond acceptors (Lipinski definition) is 5. The number of aromatic nitrogens is 1. The van der Waals surface area contributed by atoms with E-state index >= 15 is 0 Å². The van der Waals surface area contributed by atoms with E-state index in [1.165, 1.54) is 17.0 Å². The molecule has 3 heterocycles. The first kappa shape index (κ1) is 40.8. The summed E-state index contributed by atoms with van der Waals surface area (Å²) in [6.07, 6.45) is 6.58. The molecular formula is C46H54IrNO4-. The zero-order valence-electron chi connectivity index (χ0n) is 32.7. The average Bonchev–Trinajstić information content (AvgIpc) is 3.67. The van der Waals surface area contributed by atoms with Crippen molar-refractivity contribution in [2.45, 2.75) is 107 Å². The number of carbonyl (C=O) groups excluding carboxylic acids is 1. The molecule has 6 rings (SSSR count). The van der Waals surface area contributed by atoms with Crippen molar-refractivity contribution in [3.8, 4) is 22.6 Å². The minimum Gasteiger partial charge on any atom is -0.512 e. The number of benzene rings is 3. The molecule has 3 aromatic heterocycles. The molecule has 1 N–H and O–H groups in total. The van der Waals surface area contributed by atoms with Gasteiger partial charge in [0.05, 0.1) is 0 Å². The molecule has 0 bridgehead atoms. The number of aryl methyl sites for hydroxylation is 2. The fraction of sp³-hybridized carbons (Fsp3) is 0.391. The van der Waals surface area contributed by atoms with Crippen molar-refractivity contribution in [1.82, 2.24) is 4.98 Å². The Hall–Kier alpha value is -3.99. The SMILES string of the molecule is CCC(C)(CC)C(=O)/C=C(\O)C(C)(CC)CC.Cc1cc2cc(-c3oc4ccnc(-c5[c-]c6ccccc6c(C(C)(C)C)c5)c4c3C)ccc2o1.[Ir]. The number of aliphatic hydroxyl groups is 1. The molecule has 52 heavy (non-hydrogen) atoms. The summed E-state index contributed by atoms with van der Waals surface area (Å²) >= 11 is 0. The summed E-state index contributed by atoms with van der Waals surface area (Å²) in [7, 11) is 0. The van der Waals surface area contributed by atoms with Crippen LogP contribution >= 0.6 is 0 Å². The summed E-state index contributed by atoms with van der Waals surface area (Å²) in [6.45, 7) is 22.9. The van der Waals surface area contributed by atoms with Crippen molar-refractivity contribution in [3.63, 3.8) is 0 Å². The van der Waals surface area contributed by atoms with E-state index < -0.39 is 0 Å². The van der Waals surface area contributed by atoms with Crippen LogP contribution in [0.3, 0.4) is 0 Å². The minimum atomic E-state index is -0.337. The van der Waals surface area contributed by atoms with Gasteiger partial charge in [-0.3, -0.25) is 9.78 Å². The zero-order chi connectivity index (χ0) is 37.3. The summed E-state index contributed by atoms with van der Waals surface area (Å²) < 4.78 is 12.2. The number of fused-ring (bicyclic) bond motifs is 3. The molecule has 0 saturated carbocycles. The normalized spacial score (nSPS) is 12.6. The Labute approximate surface area is 323 Å². The van der Waals surface area contributed by atoms with E-state index in [0.29, 0.717) is 0 Å². The van der Waals surface area contributed by atoms with Crippen LogP contribution in [0.2, 0.25) is 0 Å². The Bertz CT molecular complexity index is 2220. The minimum absolute atomic E-state index is 0. The number of hydrogen-bond donors (Lipinski definition) is 1. The van der Waals surface area contributed by atoms with Gasteiger partial charge in [-0.05, 0) is 80.8 Å². The van der Waals surface area contributed by atoms with Gasteiger partial charge >= 0.3 is 0 Å².